The number of hydrogen-bond donors (Lipinski definition) is 1. The first kappa shape index (κ1) is 12.7. The molecule has 0 saturated carbocycles. The van der Waals surface area contributed by atoms with Crippen molar-refractivity contribution in [2.75, 3.05) is 0 Å². The van der Waals surface area contributed by atoms with Crippen LogP contribution in [0.1, 0.15) is 41.5 Å². The third-order valence-electron chi connectivity index (χ3n) is 3.16. The molecule has 0 aromatic rings. The fourth-order valence-corrected chi connectivity index (χ4v) is 1.26. The largest absolute Gasteiger partial charge is 0.393 e. The van der Waals surface area contributed by atoms with E-state index in [-0.39, 0.29) is 17.4 Å². The van der Waals surface area contributed by atoms with Gasteiger partial charge in [0, 0.05) is 5.92 Å². The molecule has 0 aliphatic heterocycles. The maximum atomic E-state index is 9.45. The zero-order chi connectivity index (χ0) is 10.8. The number of rotatable bonds is 3. The van der Waals surface area contributed by atoms with Crippen molar-refractivity contribution in [3.8, 4) is 0 Å². The molecule has 3 unspecified atom stereocenters. The van der Waals surface area contributed by atoms with Gasteiger partial charge in [-0.2, -0.15) is 0 Å². The summed E-state index contributed by atoms with van der Waals surface area (Å²) >= 11 is 0. The zero-order valence-electron chi connectivity index (χ0n) is 9.89. The molecule has 0 fully saturated rings. The second-order valence-corrected chi connectivity index (χ2v) is 5.19. The molecule has 0 saturated heterocycles. The first-order valence-electron chi connectivity index (χ1n) is 5.04. The molecule has 0 aromatic heterocycles. The van der Waals surface area contributed by atoms with Gasteiger partial charge in [0.2, 0.25) is 0 Å². The van der Waals surface area contributed by atoms with Crippen LogP contribution >= 0.6 is 0 Å². The molecule has 13 heavy (non-hydrogen) atoms. The molecule has 0 spiro atoms. The Bertz CT molecular complexity index is 174. The van der Waals surface area contributed by atoms with Crippen molar-refractivity contribution in [3.63, 3.8) is 0 Å². The fourth-order valence-electron chi connectivity index (χ4n) is 1.26. The van der Waals surface area contributed by atoms with Crippen LogP contribution < -0.4 is 0 Å². The Kier molecular flexibility index (Phi) is 4.18. The smallest absolute Gasteiger partial charge is 0.0574 e. The highest BCUT2D eigenvalue weighted by atomic mass is 16.3. The van der Waals surface area contributed by atoms with Crippen LogP contribution in [0, 0.1) is 17.3 Å². The van der Waals surface area contributed by atoms with E-state index in [0.29, 0.717) is 5.92 Å². The van der Waals surface area contributed by atoms with Crippen LogP contribution in [0.25, 0.3) is 0 Å². The summed E-state index contributed by atoms with van der Waals surface area (Å²) in [6.07, 6.45) is -0.294. The molecular formula is C12H24O. The molecule has 0 aliphatic rings. The van der Waals surface area contributed by atoms with E-state index in [0.717, 1.165) is 5.57 Å². The summed E-state index contributed by atoms with van der Waals surface area (Å²) in [5.41, 5.74) is 1.39. The second kappa shape index (κ2) is 4.28. The minimum Gasteiger partial charge on any atom is -0.393 e. The van der Waals surface area contributed by atoms with Crippen LogP contribution in [0.2, 0.25) is 0 Å². The minimum absolute atomic E-state index is 0.189. The molecule has 0 rings (SSSR count). The Labute approximate surface area is 82.9 Å². The molecule has 0 radical (unpaired) electrons. The monoisotopic (exact) mass is 184 g/mol. The quantitative estimate of drug-likeness (QED) is 0.668. The van der Waals surface area contributed by atoms with Crippen LogP contribution in [0.15, 0.2) is 12.2 Å². The molecule has 0 bridgehead atoms. The summed E-state index contributed by atoms with van der Waals surface area (Å²) in [6.45, 7) is 16.7. The second-order valence-electron chi connectivity index (χ2n) is 5.19. The Morgan fingerprint density at radius 1 is 1.15 bits per heavy atom. The van der Waals surface area contributed by atoms with Gasteiger partial charge < -0.3 is 5.11 Å². The van der Waals surface area contributed by atoms with Gasteiger partial charge >= 0.3 is 0 Å². The maximum absolute atomic E-state index is 9.45. The Hall–Kier alpha value is -0.300. The lowest BCUT2D eigenvalue weighted by atomic mass is 9.73. The average Bonchev–Trinajstić information content (AvgIpc) is 1.98. The molecule has 1 heteroatoms. The lowest BCUT2D eigenvalue weighted by molar-refractivity contribution is 0.138. The third kappa shape index (κ3) is 3.51. The van der Waals surface area contributed by atoms with Gasteiger partial charge in [0.15, 0.2) is 0 Å². The first-order valence-corrected chi connectivity index (χ1v) is 5.04. The van der Waals surface area contributed by atoms with E-state index in [9.17, 15) is 5.11 Å². The van der Waals surface area contributed by atoms with Crippen molar-refractivity contribution in [1.82, 2.24) is 0 Å². The normalized spacial score (nSPS) is 19.3. The van der Waals surface area contributed by atoms with E-state index in [1.807, 2.05) is 13.8 Å². The highest BCUT2D eigenvalue weighted by molar-refractivity contribution is 5.08. The predicted octanol–water partition coefficient (Wildman–Crippen LogP) is 3.24. The molecular weight excluding hydrogens is 160 g/mol. The van der Waals surface area contributed by atoms with Gasteiger partial charge in [-0.15, -0.1) is 0 Å². The van der Waals surface area contributed by atoms with E-state index in [2.05, 4.69) is 34.3 Å². The van der Waals surface area contributed by atoms with Gasteiger partial charge in [-0.3, -0.25) is 0 Å². The van der Waals surface area contributed by atoms with Crippen LogP contribution in [0.4, 0.5) is 0 Å². The molecule has 1 nitrogen and oxygen atoms in total. The topological polar surface area (TPSA) is 20.2 Å². The zero-order valence-corrected chi connectivity index (χ0v) is 9.89. The highest BCUT2D eigenvalue weighted by Crippen LogP contribution is 2.34. The lowest BCUT2D eigenvalue weighted by Gasteiger charge is -2.33. The van der Waals surface area contributed by atoms with Gasteiger partial charge in [0.05, 0.1) is 6.10 Å². The molecule has 3 atom stereocenters. The van der Waals surface area contributed by atoms with Crippen molar-refractivity contribution in [3.05, 3.63) is 12.2 Å². The molecule has 1 N–H and O–H groups in total. The lowest BCUT2D eigenvalue weighted by Crippen LogP contribution is -2.26. The van der Waals surface area contributed by atoms with E-state index in [1.54, 1.807) is 0 Å². The number of aliphatic hydroxyl groups excluding tert-OH is 1. The van der Waals surface area contributed by atoms with Gasteiger partial charge in [0.1, 0.15) is 0 Å². The molecule has 78 valence electrons. The summed E-state index contributed by atoms with van der Waals surface area (Å²) in [6, 6.07) is 0. The fraction of sp³-hybridized carbons (Fsp3) is 0.833. The Morgan fingerprint density at radius 2 is 1.54 bits per heavy atom. The number of hydrogen-bond acceptors (Lipinski definition) is 1. The Balaban J connectivity index is 4.44. The van der Waals surface area contributed by atoms with Crippen LogP contribution in [0.5, 0.6) is 0 Å². The van der Waals surface area contributed by atoms with E-state index >= 15 is 0 Å². The molecule has 0 amide bonds. The van der Waals surface area contributed by atoms with Gasteiger partial charge in [-0.1, -0.05) is 46.8 Å². The van der Waals surface area contributed by atoms with Crippen LogP contribution in [0.3, 0.4) is 0 Å². The summed E-state index contributed by atoms with van der Waals surface area (Å²) < 4.78 is 0. The van der Waals surface area contributed by atoms with Crippen molar-refractivity contribution < 1.29 is 5.11 Å². The Morgan fingerprint density at radius 3 is 1.77 bits per heavy atom. The van der Waals surface area contributed by atoms with Gasteiger partial charge in [-0.05, 0) is 18.3 Å². The molecule has 0 aromatic carbocycles. The summed E-state index contributed by atoms with van der Waals surface area (Å²) in [5.74, 6) is 0.631. The third-order valence-corrected chi connectivity index (χ3v) is 3.16. The van der Waals surface area contributed by atoms with E-state index in [1.165, 1.54) is 0 Å². The van der Waals surface area contributed by atoms with Crippen LogP contribution in [-0.4, -0.2) is 11.2 Å². The van der Waals surface area contributed by atoms with E-state index < -0.39 is 0 Å². The summed E-state index contributed by atoms with van der Waals surface area (Å²) in [7, 11) is 0. The molecule has 0 aliphatic carbocycles. The van der Waals surface area contributed by atoms with Gasteiger partial charge in [0.25, 0.3) is 0 Å². The van der Waals surface area contributed by atoms with Gasteiger partial charge in [-0.25, -0.2) is 0 Å². The standard InChI is InChI=1S/C12H24O/c1-8(9(2)11(4)13)10(3)12(5,6)7/h9-11,13H,1H2,2-7H3. The van der Waals surface area contributed by atoms with Crippen molar-refractivity contribution in [2.24, 2.45) is 17.3 Å². The summed E-state index contributed by atoms with van der Waals surface area (Å²) in [5, 5.41) is 9.45. The average molecular weight is 184 g/mol. The highest BCUT2D eigenvalue weighted by Gasteiger charge is 2.26. The minimum atomic E-state index is -0.294. The first-order chi connectivity index (χ1) is 5.68. The predicted molar refractivity (Wildman–Crippen MR) is 58.6 cm³/mol. The summed E-state index contributed by atoms with van der Waals surface area (Å²) in [4.78, 5) is 0. The van der Waals surface area contributed by atoms with Crippen LogP contribution in [-0.2, 0) is 0 Å². The number of aliphatic hydroxyl groups is 1. The van der Waals surface area contributed by atoms with E-state index in [4.69, 9.17) is 0 Å². The van der Waals surface area contributed by atoms with Crippen molar-refractivity contribution in [2.45, 2.75) is 47.6 Å². The molecule has 0 heterocycles. The SMILES string of the molecule is C=C(C(C)C(C)O)C(C)C(C)(C)C. The van der Waals surface area contributed by atoms with Crippen molar-refractivity contribution in [1.29, 1.82) is 0 Å². The maximum Gasteiger partial charge on any atom is 0.0574 e. The van der Waals surface area contributed by atoms with Crippen molar-refractivity contribution >= 4 is 0 Å².